The molecule has 0 spiro atoms. The Balaban J connectivity index is 2.02. The van der Waals surface area contributed by atoms with Crippen molar-refractivity contribution in [3.8, 4) is 6.07 Å². The summed E-state index contributed by atoms with van der Waals surface area (Å²) in [7, 11) is 0. The maximum atomic E-state index is 12.6. The summed E-state index contributed by atoms with van der Waals surface area (Å²) in [5.74, 6) is -2.22. The van der Waals surface area contributed by atoms with Gasteiger partial charge in [-0.3, -0.25) is 4.79 Å². The third kappa shape index (κ3) is 7.13. The lowest BCUT2D eigenvalue weighted by Crippen LogP contribution is -2.56. The summed E-state index contributed by atoms with van der Waals surface area (Å²) in [6.45, 7) is 1.24. The number of aliphatic carboxylic acids is 1. The molecule has 0 fully saturated rings. The van der Waals surface area contributed by atoms with Crippen molar-refractivity contribution in [3.63, 3.8) is 0 Å². The van der Waals surface area contributed by atoms with Crippen molar-refractivity contribution >= 4 is 18.0 Å². The highest BCUT2D eigenvalue weighted by molar-refractivity contribution is 5.89. The van der Waals surface area contributed by atoms with E-state index in [1.165, 1.54) is 6.92 Å². The number of benzene rings is 2. The molecule has 0 aliphatic heterocycles. The third-order valence-electron chi connectivity index (χ3n) is 4.43. The minimum absolute atomic E-state index is 0.0382. The molecule has 0 radical (unpaired) electrons. The van der Waals surface area contributed by atoms with Crippen LogP contribution in [0.1, 0.15) is 23.6 Å². The van der Waals surface area contributed by atoms with Crippen LogP contribution in [-0.2, 0) is 27.4 Å². The minimum Gasteiger partial charge on any atom is -0.480 e. The number of ether oxygens (including phenoxy) is 1. The lowest BCUT2D eigenvalue weighted by atomic mass is 10.0. The van der Waals surface area contributed by atoms with Crippen molar-refractivity contribution in [2.45, 2.75) is 38.1 Å². The largest absolute Gasteiger partial charge is 0.480 e. The Morgan fingerprint density at radius 1 is 1.06 bits per heavy atom. The fourth-order valence-electron chi connectivity index (χ4n) is 2.79. The Hall–Kier alpha value is -3.90. The number of hydrogen-bond donors (Lipinski definition) is 4. The van der Waals surface area contributed by atoms with Crippen LogP contribution in [0.15, 0.2) is 54.6 Å². The van der Waals surface area contributed by atoms with Gasteiger partial charge in [0.1, 0.15) is 18.7 Å². The number of aliphatic hydroxyl groups is 1. The molecule has 2 aromatic rings. The summed E-state index contributed by atoms with van der Waals surface area (Å²) in [6.07, 6.45) is -2.40. The van der Waals surface area contributed by atoms with Gasteiger partial charge in [0, 0.05) is 6.42 Å². The first-order valence-electron chi connectivity index (χ1n) is 9.48. The number of carboxylic acid groups (broad SMARTS) is 1. The highest BCUT2D eigenvalue weighted by Gasteiger charge is 2.30. The standard InChI is InChI=1S/C22H23N3O6/c1-14(26)19(25-22(30)31-13-15-7-3-2-4-8-15)20(27)24-18(21(28)29)11-16-9-5-6-10-17(16)12-23/h2-10,14,18-19,26H,11,13H2,1H3,(H,24,27)(H,25,30)(H,28,29)/t14-,18-,19+/m1/s1. The molecule has 3 atom stereocenters. The number of nitriles is 1. The maximum absolute atomic E-state index is 12.6. The molecule has 162 valence electrons. The van der Waals surface area contributed by atoms with Crippen molar-refractivity contribution in [1.29, 1.82) is 5.26 Å². The van der Waals surface area contributed by atoms with Gasteiger partial charge in [-0.2, -0.15) is 5.26 Å². The summed E-state index contributed by atoms with van der Waals surface area (Å²) in [5.41, 5.74) is 1.47. The molecule has 0 aromatic heterocycles. The van der Waals surface area contributed by atoms with Gasteiger partial charge >= 0.3 is 12.1 Å². The lowest BCUT2D eigenvalue weighted by molar-refractivity contribution is -0.142. The Bertz CT molecular complexity index is 955. The molecule has 4 N–H and O–H groups in total. The zero-order chi connectivity index (χ0) is 22.8. The van der Waals surface area contributed by atoms with Crippen molar-refractivity contribution in [1.82, 2.24) is 10.6 Å². The third-order valence-corrected chi connectivity index (χ3v) is 4.43. The van der Waals surface area contributed by atoms with Crippen LogP contribution in [0.3, 0.4) is 0 Å². The molecule has 9 nitrogen and oxygen atoms in total. The second-order valence-corrected chi connectivity index (χ2v) is 6.80. The van der Waals surface area contributed by atoms with Gasteiger partial charge in [0.2, 0.25) is 5.91 Å². The number of alkyl carbamates (subject to hydrolysis) is 1. The number of rotatable bonds is 9. The number of nitrogens with one attached hydrogen (secondary N) is 2. The molecule has 9 heteroatoms. The Kier molecular flexibility index (Phi) is 8.54. The molecular weight excluding hydrogens is 402 g/mol. The SMILES string of the molecule is C[C@@H](O)[C@H](NC(=O)OCc1ccccc1)C(=O)N[C@H](Cc1ccccc1C#N)C(=O)O. The summed E-state index contributed by atoms with van der Waals surface area (Å²) in [5, 5.41) is 33.1. The molecule has 2 rings (SSSR count). The predicted octanol–water partition coefficient (Wildman–Crippen LogP) is 1.35. The van der Waals surface area contributed by atoms with Crippen LogP contribution in [0.25, 0.3) is 0 Å². The van der Waals surface area contributed by atoms with Crippen molar-refractivity contribution < 1.29 is 29.3 Å². The van der Waals surface area contributed by atoms with Gasteiger partial charge in [-0.25, -0.2) is 9.59 Å². The number of amides is 2. The Morgan fingerprint density at radius 2 is 1.71 bits per heavy atom. The van der Waals surface area contributed by atoms with Gasteiger partial charge in [-0.1, -0.05) is 48.5 Å². The van der Waals surface area contributed by atoms with Crippen molar-refractivity contribution in [3.05, 3.63) is 71.3 Å². The van der Waals surface area contributed by atoms with Gasteiger partial charge in [-0.15, -0.1) is 0 Å². The van der Waals surface area contributed by atoms with E-state index in [0.717, 1.165) is 5.56 Å². The normalized spacial score (nSPS) is 13.2. The first-order valence-corrected chi connectivity index (χ1v) is 9.48. The highest BCUT2D eigenvalue weighted by atomic mass is 16.5. The predicted molar refractivity (Wildman–Crippen MR) is 110 cm³/mol. The van der Waals surface area contributed by atoms with Gasteiger partial charge in [-0.05, 0) is 24.1 Å². The average molecular weight is 425 g/mol. The van der Waals surface area contributed by atoms with Crippen LogP contribution in [-0.4, -0.2) is 46.4 Å². The molecule has 0 saturated heterocycles. The molecule has 0 saturated carbocycles. The quantitative estimate of drug-likeness (QED) is 0.474. The van der Waals surface area contributed by atoms with E-state index in [0.29, 0.717) is 5.56 Å². The number of nitrogens with zero attached hydrogens (tertiary/aromatic N) is 1. The smallest absolute Gasteiger partial charge is 0.408 e. The fraction of sp³-hybridized carbons (Fsp3) is 0.273. The number of carbonyl (C=O) groups excluding carboxylic acids is 2. The fourth-order valence-corrected chi connectivity index (χ4v) is 2.79. The molecule has 0 bridgehead atoms. The summed E-state index contributed by atoms with van der Waals surface area (Å²) < 4.78 is 5.04. The monoisotopic (exact) mass is 425 g/mol. The highest BCUT2D eigenvalue weighted by Crippen LogP contribution is 2.11. The summed E-state index contributed by atoms with van der Waals surface area (Å²) >= 11 is 0. The van der Waals surface area contributed by atoms with E-state index in [9.17, 15) is 24.6 Å². The topological polar surface area (TPSA) is 149 Å². The molecule has 2 amide bonds. The zero-order valence-electron chi connectivity index (χ0n) is 16.8. The minimum atomic E-state index is -1.43. The van der Waals surface area contributed by atoms with E-state index in [2.05, 4.69) is 10.6 Å². The van der Waals surface area contributed by atoms with E-state index < -0.39 is 36.2 Å². The second kappa shape index (κ2) is 11.3. The van der Waals surface area contributed by atoms with Crippen LogP contribution in [0.4, 0.5) is 4.79 Å². The van der Waals surface area contributed by atoms with Gasteiger partial charge < -0.3 is 25.6 Å². The molecule has 0 aliphatic carbocycles. The zero-order valence-corrected chi connectivity index (χ0v) is 16.8. The Labute approximate surface area is 179 Å². The van der Waals surface area contributed by atoms with Crippen molar-refractivity contribution in [2.75, 3.05) is 0 Å². The van der Waals surface area contributed by atoms with E-state index >= 15 is 0 Å². The van der Waals surface area contributed by atoms with Crippen LogP contribution < -0.4 is 10.6 Å². The molecular formula is C22H23N3O6. The van der Waals surface area contributed by atoms with Gasteiger partial charge in [0.05, 0.1) is 17.7 Å². The molecule has 0 aliphatic rings. The first kappa shape index (κ1) is 23.4. The second-order valence-electron chi connectivity index (χ2n) is 6.80. The average Bonchev–Trinajstić information content (AvgIpc) is 2.76. The van der Waals surface area contributed by atoms with Crippen molar-refractivity contribution in [2.24, 2.45) is 0 Å². The van der Waals surface area contributed by atoms with E-state index in [4.69, 9.17) is 10.00 Å². The van der Waals surface area contributed by atoms with E-state index in [1.54, 1.807) is 48.5 Å². The van der Waals surface area contributed by atoms with Gasteiger partial charge in [0.15, 0.2) is 0 Å². The number of carboxylic acids is 1. The first-order chi connectivity index (χ1) is 14.8. The van der Waals surface area contributed by atoms with E-state index in [1.807, 2.05) is 12.1 Å². The van der Waals surface area contributed by atoms with E-state index in [-0.39, 0.29) is 18.6 Å². The van der Waals surface area contributed by atoms with Crippen LogP contribution in [0.2, 0.25) is 0 Å². The van der Waals surface area contributed by atoms with Crippen LogP contribution >= 0.6 is 0 Å². The molecule has 2 aromatic carbocycles. The number of hydrogen-bond acceptors (Lipinski definition) is 6. The van der Waals surface area contributed by atoms with Gasteiger partial charge in [0.25, 0.3) is 0 Å². The molecule has 0 heterocycles. The summed E-state index contributed by atoms with van der Waals surface area (Å²) in [6, 6.07) is 14.5. The Morgan fingerprint density at radius 3 is 2.32 bits per heavy atom. The molecule has 0 unspecified atom stereocenters. The number of carbonyl (C=O) groups is 3. The lowest BCUT2D eigenvalue weighted by Gasteiger charge is -2.23. The van der Waals surface area contributed by atoms with Crippen LogP contribution in [0, 0.1) is 11.3 Å². The molecule has 31 heavy (non-hydrogen) atoms. The maximum Gasteiger partial charge on any atom is 0.408 e. The number of aliphatic hydroxyl groups excluding tert-OH is 1. The summed E-state index contributed by atoms with van der Waals surface area (Å²) in [4.78, 5) is 36.3. The van der Waals surface area contributed by atoms with Crippen LogP contribution in [0.5, 0.6) is 0 Å².